The van der Waals surface area contributed by atoms with Gasteiger partial charge in [-0.25, -0.2) is 0 Å². The van der Waals surface area contributed by atoms with E-state index in [4.69, 9.17) is 0 Å². The minimum absolute atomic E-state index is 0.428. The summed E-state index contributed by atoms with van der Waals surface area (Å²) in [4.78, 5) is 5.69. The van der Waals surface area contributed by atoms with Crippen molar-refractivity contribution in [1.82, 2.24) is 10.2 Å². The highest BCUT2D eigenvalue weighted by molar-refractivity contribution is 7.12. The fourth-order valence-corrected chi connectivity index (χ4v) is 4.70. The number of nitrogens with zero attached hydrogens (tertiary/aromatic N) is 1. The van der Waals surface area contributed by atoms with E-state index >= 15 is 0 Å². The van der Waals surface area contributed by atoms with Gasteiger partial charge in [-0.2, -0.15) is 0 Å². The van der Waals surface area contributed by atoms with Crippen molar-refractivity contribution in [2.75, 3.05) is 19.6 Å². The number of nitrogens with one attached hydrogen (secondary N) is 1. The molecule has 1 aliphatic carbocycles. The van der Waals surface area contributed by atoms with Gasteiger partial charge >= 0.3 is 0 Å². The number of rotatable bonds is 2. The molecule has 0 radical (unpaired) electrons. The van der Waals surface area contributed by atoms with Gasteiger partial charge in [-0.3, -0.25) is 4.90 Å². The normalized spacial score (nSPS) is 25.6. The molecule has 2 heterocycles. The number of hydrogen-bond donors (Lipinski definition) is 1. The molecule has 1 aromatic rings. The minimum Gasteiger partial charge on any atom is -0.310 e. The van der Waals surface area contributed by atoms with Crippen LogP contribution in [0, 0.1) is 6.92 Å². The molecule has 1 atom stereocenters. The van der Waals surface area contributed by atoms with Crippen molar-refractivity contribution in [1.29, 1.82) is 0 Å². The number of hydrogen-bond acceptors (Lipinski definition) is 3. The Balaban J connectivity index is 1.75. The third kappa shape index (κ3) is 2.88. The molecule has 0 bridgehead atoms. The molecule has 19 heavy (non-hydrogen) atoms. The van der Waals surface area contributed by atoms with E-state index in [1.807, 2.05) is 11.3 Å². The fourth-order valence-electron chi connectivity index (χ4n) is 3.73. The van der Waals surface area contributed by atoms with Crippen LogP contribution in [0.4, 0.5) is 0 Å². The maximum Gasteiger partial charge on any atom is 0.0414 e. The van der Waals surface area contributed by atoms with Crippen molar-refractivity contribution >= 4 is 11.3 Å². The third-order valence-electron chi connectivity index (χ3n) is 4.91. The summed E-state index contributed by atoms with van der Waals surface area (Å²) >= 11 is 1.97. The molecule has 0 amide bonds. The molecular weight excluding hydrogens is 252 g/mol. The smallest absolute Gasteiger partial charge is 0.0414 e. The quantitative estimate of drug-likeness (QED) is 0.887. The summed E-state index contributed by atoms with van der Waals surface area (Å²) in [6, 6.07) is 5.17. The Morgan fingerprint density at radius 1 is 1.26 bits per heavy atom. The summed E-state index contributed by atoms with van der Waals surface area (Å²) in [5, 5.41) is 3.86. The third-order valence-corrected chi connectivity index (χ3v) is 6.08. The predicted molar refractivity (Wildman–Crippen MR) is 82.9 cm³/mol. The van der Waals surface area contributed by atoms with Crippen LogP contribution in [-0.2, 0) is 0 Å². The first-order valence-corrected chi connectivity index (χ1v) is 8.56. The van der Waals surface area contributed by atoms with Gasteiger partial charge in [0.25, 0.3) is 0 Å². The van der Waals surface area contributed by atoms with Gasteiger partial charge in [0.1, 0.15) is 0 Å². The molecule has 3 heteroatoms. The van der Waals surface area contributed by atoms with Crippen LogP contribution in [0.3, 0.4) is 0 Å². The molecule has 1 saturated carbocycles. The molecule has 3 rings (SSSR count). The minimum atomic E-state index is 0.428. The topological polar surface area (TPSA) is 15.3 Å². The summed E-state index contributed by atoms with van der Waals surface area (Å²) in [7, 11) is 0. The van der Waals surface area contributed by atoms with Gasteiger partial charge in [0.05, 0.1) is 0 Å². The van der Waals surface area contributed by atoms with Gasteiger partial charge in [0, 0.05) is 34.4 Å². The molecule has 1 unspecified atom stereocenters. The van der Waals surface area contributed by atoms with Crippen molar-refractivity contribution in [2.45, 2.75) is 57.5 Å². The van der Waals surface area contributed by atoms with Crippen LogP contribution in [0.25, 0.3) is 0 Å². The van der Waals surface area contributed by atoms with E-state index in [0.717, 1.165) is 0 Å². The summed E-state index contributed by atoms with van der Waals surface area (Å²) in [5.41, 5.74) is 0.428. The average molecular weight is 278 g/mol. The van der Waals surface area contributed by atoms with Gasteiger partial charge in [-0.15, -0.1) is 11.3 Å². The van der Waals surface area contributed by atoms with E-state index in [9.17, 15) is 0 Å². The van der Waals surface area contributed by atoms with Gasteiger partial charge in [0.15, 0.2) is 0 Å². The van der Waals surface area contributed by atoms with Crippen LogP contribution in [0.5, 0.6) is 0 Å². The van der Waals surface area contributed by atoms with Crippen LogP contribution in [0.2, 0.25) is 0 Å². The SMILES string of the molecule is Cc1ccc(C(C)N2CCCNC3(CCCC3)C2)s1. The molecule has 106 valence electrons. The van der Waals surface area contributed by atoms with E-state index in [-0.39, 0.29) is 0 Å². The molecule has 2 aliphatic rings. The standard InChI is InChI=1S/C16H26N2S/c1-13-6-7-15(19-13)14(2)18-11-5-10-17-16(12-18)8-3-4-9-16/h6-7,14,17H,3-5,8-12H2,1-2H3. The monoisotopic (exact) mass is 278 g/mol. The largest absolute Gasteiger partial charge is 0.310 e. The Labute approximate surface area is 121 Å². The van der Waals surface area contributed by atoms with Crippen LogP contribution in [0.1, 0.15) is 54.8 Å². The van der Waals surface area contributed by atoms with Crippen LogP contribution < -0.4 is 5.32 Å². The molecule has 1 aliphatic heterocycles. The molecule has 1 saturated heterocycles. The van der Waals surface area contributed by atoms with Crippen molar-refractivity contribution in [3.05, 3.63) is 21.9 Å². The van der Waals surface area contributed by atoms with Gasteiger partial charge in [-0.05, 0) is 51.8 Å². The first-order valence-electron chi connectivity index (χ1n) is 7.74. The van der Waals surface area contributed by atoms with Gasteiger partial charge in [-0.1, -0.05) is 12.8 Å². The van der Waals surface area contributed by atoms with Crippen LogP contribution in [-0.4, -0.2) is 30.1 Å². The number of thiophene rings is 1. The van der Waals surface area contributed by atoms with Crippen molar-refractivity contribution < 1.29 is 0 Å². The van der Waals surface area contributed by atoms with Crippen molar-refractivity contribution in [3.63, 3.8) is 0 Å². The molecule has 2 fully saturated rings. The molecule has 1 aromatic heterocycles. The second kappa shape index (κ2) is 5.55. The van der Waals surface area contributed by atoms with Crippen LogP contribution >= 0.6 is 11.3 Å². The van der Waals surface area contributed by atoms with Crippen molar-refractivity contribution in [2.24, 2.45) is 0 Å². The molecule has 1 N–H and O–H groups in total. The molecule has 0 aromatic carbocycles. The zero-order valence-electron chi connectivity index (χ0n) is 12.2. The molecular formula is C16H26N2S. The lowest BCUT2D eigenvalue weighted by Crippen LogP contribution is -2.49. The zero-order valence-corrected chi connectivity index (χ0v) is 13.1. The Morgan fingerprint density at radius 2 is 2.05 bits per heavy atom. The van der Waals surface area contributed by atoms with E-state index in [2.05, 4.69) is 36.2 Å². The van der Waals surface area contributed by atoms with Gasteiger partial charge in [0.2, 0.25) is 0 Å². The second-order valence-electron chi connectivity index (χ2n) is 6.36. The Morgan fingerprint density at radius 3 is 2.74 bits per heavy atom. The summed E-state index contributed by atoms with van der Waals surface area (Å²) in [6.45, 7) is 8.28. The second-order valence-corrected chi connectivity index (χ2v) is 7.68. The lowest BCUT2D eigenvalue weighted by atomic mass is 9.96. The summed E-state index contributed by atoms with van der Waals surface area (Å²) in [6.07, 6.45) is 6.86. The summed E-state index contributed by atoms with van der Waals surface area (Å²) < 4.78 is 0. The zero-order chi connectivity index (χ0) is 13.3. The molecule has 1 spiro atoms. The highest BCUT2D eigenvalue weighted by Gasteiger charge is 2.37. The average Bonchev–Trinajstić information content (AvgIpc) is 2.96. The molecule has 2 nitrogen and oxygen atoms in total. The highest BCUT2D eigenvalue weighted by atomic mass is 32.1. The van der Waals surface area contributed by atoms with E-state index in [0.29, 0.717) is 11.6 Å². The van der Waals surface area contributed by atoms with Crippen molar-refractivity contribution in [3.8, 4) is 0 Å². The summed E-state index contributed by atoms with van der Waals surface area (Å²) in [5.74, 6) is 0. The predicted octanol–water partition coefficient (Wildman–Crippen LogP) is 3.73. The van der Waals surface area contributed by atoms with Crippen LogP contribution in [0.15, 0.2) is 12.1 Å². The van der Waals surface area contributed by atoms with E-state index < -0.39 is 0 Å². The lowest BCUT2D eigenvalue weighted by Gasteiger charge is -2.36. The van der Waals surface area contributed by atoms with E-state index in [1.165, 1.54) is 61.5 Å². The first kappa shape index (κ1) is 13.6. The van der Waals surface area contributed by atoms with E-state index in [1.54, 1.807) is 0 Å². The fraction of sp³-hybridized carbons (Fsp3) is 0.750. The highest BCUT2D eigenvalue weighted by Crippen LogP contribution is 2.35. The Kier molecular flexibility index (Phi) is 3.97. The number of aryl methyl sites for hydroxylation is 1. The van der Waals surface area contributed by atoms with Gasteiger partial charge < -0.3 is 5.32 Å². The lowest BCUT2D eigenvalue weighted by molar-refractivity contribution is 0.167. The Bertz CT molecular complexity index is 420. The maximum absolute atomic E-state index is 3.86. The Hall–Kier alpha value is -0.380. The first-order chi connectivity index (χ1) is 9.19. The maximum atomic E-state index is 3.86.